The molecule has 0 atom stereocenters. The van der Waals surface area contributed by atoms with Crippen LogP contribution in [0.4, 0.5) is 0 Å². The van der Waals surface area contributed by atoms with Gasteiger partial charge in [-0.1, -0.05) is 71.9 Å². The molecule has 0 radical (unpaired) electrons. The Bertz CT molecular complexity index is 170. The summed E-state index contributed by atoms with van der Waals surface area (Å²) in [5.74, 6) is 0. The number of rotatable bonds is 7. The Hall–Kier alpha value is 0.940. The van der Waals surface area contributed by atoms with Crippen molar-refractivity contribution in [1.29, 1.82) is 0 Å². The molecule has 0 rings (SSSR count). The molecule has 14 heavy (non-hydrogen) atoms. The molecule has 0 aromatic rings. The second kappa shape index (κ2) is 10.5. The first-order valence-corrected chi connectivity index (χ1v) is 7.88. The minimum atomic E-state index is 1.25. The summed E-state index contributed by atoms with van der Waals surface area (Å²) in [6, 6.07) is 0. The second-order valence-corrected chi connectivity index (χ2v) is 4.72. The van der Waals surface area contributed by atoms with Crippen LogP contribution in [0.3, 0.4) is 0 Å². The van der Waals surface area contributed by atoms with Gasteiger partial charge in [0.05, 0.1) is 0 Å². The van der Waals surface area contributed by atoms with Crippen molar-refractivity contribution < 1.29 is 0 Å². The number of hydrogen-bond donors (Lipinski definition) is 0. The highest BCUT2D eigenvalue weighted by Crippen LogP contribution is 2.24. The summed E-state index contributed by atoms with van der Waals surface area (Å²) in [5, 5.41) is 0. The maximum Gasteiger partial charge on any atom is -0.0199 e. The van der Waals surface area contributed by atoms with Gasteiger partial charge in [-0.3, -0.25) is 0 Å². The lowest BCUT2D eigenvalue weighted by Gasteiger charge is -2.09. The summed E-state index contributed by atoms with van der Waals surface area (Å²) >= 11 is 4.75. The van der Waals surface area contributed by atoms with Gasteiger partial charge in [0.2, 0.25) is 0 Å². The summed E-state index contributed by atoms with van der Waals surface area (Å²) in [7, 11) is 0. The van der Waals surface area contributed by atoms with Gasteiger partial charge in [0.25, 0.3) is 0 Å². The normalized spacial score (nSPS) is 13.4. The van der Waals surface area contributed by atoms with Gasteiger partial charge < -0.3 is 0 Å². The van der Waals surface area contributed by atoms with Gasteiger partial charge in [-0.2, -0.15) is 0 Å². The topological polar surface area (TPSA) is 0 Å². The minimum Gasteiger partial charge on any atom is -0.0654 e. The van der Waals surface area contributed by atoms with Crippen molar-refractivity contribution in [3.05, 3.63) is 19.3 Å². The third kappa shape index (κ3) is 6.43. The highest BCUT2D eigenvalue weighted by molar-refractivity contribution is 14.1. The lowest BCUT2D eigenvalue weighted by Crippen LogP contribution is -1.89. The quantitative estimate of drug-likeness (QED) is 0.351. The van der Waals surface area contributed by atoms with Gasteiger partial charge in [0, 0.05) is 0 Å². The number of halogens is 2. The predicted molar refractivity (Wildman–Crippen MR) is 83.3 cm³/mol. The van der Waals surface area contributed by atoms with Crippen molar-refractivity contribution in [2.75, 3.05) is 0 Å². The molecule has 0 nitrogen and oxygen atoms in total. The largest absolute Gasteiger partial charge is 0.0654 e. The summed E-state index contributed by atoms with van der Waals surface area (Å²) in [6.07, 6.45) is 7.70. The highest BCUT2D eigenvalue weighted by atomic mass is 127. The molecule has 0 saturated carbocycles. The molecule has 0 heterocycles. The van der Waals surface area contributed by atoms with Crippen LogP contribution in [0, 0.1) is 0 Å². The van der Waals surface area contributed by atoms with Crippen LogP contribution >= 0.6 is 45.2 Å². The zero-order valence-electron chi connectivity index (χ0n) is 9.15. The van der Waals surface area contributed by atoms with Gasteiger partial charge in [0.1, 0.15) is 0 Å². The Morgan fingerprint density at radius 1 is 0.857 bits per heavy atom. The van der Waals surface area contributed by atoms with Crippen LogP contribution in [-0.4, -0.2) is 0 Å². The van der Waals surface area contributed by atoms with Crippen LogP contribution in [0.2, 0.25) is 0 Å². The molecular weight excluding hydrogens is 398 g/mol. The summed E-state index contributed by atoms with van der Waals surface area (Å²) < 4.78 is 4.52. The molecule has 0 saturated heterocycles. The van der Waals surface area contributed by atoms with E-state index >= 15 is 0 Å². The van der Waals surface area contributed by atoms with Crippen LogP contribution in [0.1, 0.15) is 52.4 Å². The molecule has 0 N–H and O–H groups in total. The van der Waals surface area contributed by atoms with E-state index in [2.05, 4.69) is 67.2 Å². The van der Waals surface area contributed by atoms with Crippen molar-refractivity contribution in [2.45, 2.75) is 52.4 Å². The van der Waals surface area contributed by atoms with Crippen LogP contribution in [0.25, 0.3) is 0 Å². The first-order chi connectivity index (χ1) is 6.79. The molecule has 0 bridgehead atoms. The molecule has 0 aliphatic carbocycles. The maximum atomic E-state index is 2.37. The molecule has 0 fully saturated rings. The fourth-order valence-electron chi connectivity index (χ4n) is 1.30. The molecule has 0 unspecified atom stereocenters. The van der Waals surface area contributed by atoms with E-state index in [1.54, 1.807) is 11.1 Å². The standard InChI is InChI=1S/C12H20I2/c1-3-5-7-11(9-13)12(10-14)8-6-4-2/h9-10H,3-8H2,1-2H3/b11-9-,12-10-. The molecule has 0 spiro atoms. The summed E-state index contributed by atoms with van der Waals surface area (Å²) in [5.41, 5.74) is 3.10. The van der Waals surface area contributed by atoms with Gasteiger partial charge in [-0.05, 0) is 45.0 Å². The van der Waals surface area contributed by atoms with E-state index in [0.717, 1.165) is 0 Å². The van der Waals surface area contributed by atoms with Crippen molar-refractivity contribution in [3.63, 3.8) is 0 Å². The molecule has 0 aliphatic rings. The third-order valence-corrected chi connectivity index (χ3v) is 3.78. The third-order valence-electron chi connectivity index (χ3n) is 2.28. The predicted octanol–water partition coefficient (Wildman–Crippen LogP) is 6.00. The number of hydrogen-bond acceptors (Lipinski definition) is 0. The zero-order valence-corrected chi connectivity index (χ0v) is 13.5. The fraction of sp³-hybridized carbons (Fsp3) is 0.667. The van der Waals surface area contributed by atoms with E-state index in [1.165, 1.54) is 38.5 Å². The zero-order chi connectivity index (χ0) is 10.8. The highest BCUT2D eigenvalue weighted by Gasteiger charge is 2.03. The fourth-order valence-corrected chi connectivity index (χ4v) is 2.73. The van der Waals surface area contributed by atoms with Crippen molar-refractivity contribution in [1.82, 2.24) is 0 Å². The lowest BCUT2D eigenvalue weighted by atomic mass is 9.99. The first-order valence-electron chi connectivity index (χ1n) is 5.39. The smallest absolute Gasteiger partial charge is 0.0199 e. The molecule has 0 aliphatic heterocycles. The van der Waals surface area contributed by atoms with E-state index in [9.17, 15) is 0 Å². The van der Waals surface area contributed by atoms with Crippen LogP contribution in [-0.2, 0) is 0 Å². The number of allylic oxidation sites excluding steroid dienone is 2. The van der Waals surface area contributed by atoms with Gasteiger partial charge >= 0.3 is 0 Å². The van der Waals surface area contributed by atoms with Crippen molar-refractivity contribution in [2.24, 2.45) is 0 Å². The molecule has 82 valence electrons. The Morgan fingerprint density at radius 3 is 1.43 bits per heavy atom. The summed E-state index contributed by atoms with van der Waals surface area (Å²) in [4.78, 5) is 0. The van der Waals surface area contributed by atoms with Crippen LogP contribution in [0.5, 0.6) is 0 Å². The molecule has 2 heteroatoms. The second-order valence-electron chi connectivity index (χ2n) is 3.48. The average molecular weight is 418 g/mol. The van der Waals surface area contributed by atoms with Gasteiger partial charge in [-0.15, -0.1) is 0 Å². The SMILES string of the molecule is CCCCC(=C/I)/C(=C\I)CCCC. The molecule has 0 amide bonds. The average Bonchev–Trinajstić information content (AvgIpc) is 2.23. The molecular formula is C12H20I2. The van der Waals surface area contributed by atoms with E-state index in [-0.39, 0.29) is 0 Å². The van der Waals surface area contributed by atoms with E-state index in [4.69, 9.17) is 0 Å². The van der Waals surface area contributed by atoms with E-state index in [1.807, 2.05) is 0 Å². The number of unbranched alkanes of at least 4 members (excludes halogenated alkanes) is 2. The van der Waals surface area contributed by atoms with E-state index < -0.39 is 0 Å². The Kier molecular flexibility index (Phi) is 11.2. The van der Waals surface area contributed by atoms with Crippen LogP contribution in [0.15, 0.2) is 19.3 Å². The van der Waals surface area contributed by atoms with Gasteiger partial charge in [-0.25, -0.2) is 0 Å². The Morgan fingerprint density at radius 2 is 1.21 bits per heavy atom. The van der Waals surface area contributed by atoms with Gasteiger partial charge in [0.15, 0.2) is 0 Å². The monoisotopic (exact) mass is 418 g/mol. The first kappa shape index (κ1) is 14.9. The molecule has 0 aromatic carbocycles. The summed E-state index contributed by atoms with van der Waals surface area (Å²) in [6.45, 7) is 4.51. The van der Waals surface area contributed by atoms with Crippen LogP contribution < -0.4 is 0 Å². The molecule has 0 aromatic heterocycles. The Labute approximate surface area is 116 Å². The lowest BCUT2D eigenvalue weighted by molar-refractivity contribution is 0.755. The maximum absolute atomic E-state index is 2.37. The van der Waals surface area contributed by atoms with Crippen molar-refractivity contribution in [3.8, 4) is 0 Å². The Balaban J connectivity index is 4.18. The van der Waals surface area contributed by atoms with E-state index in [0.29, 0.717) is 0 Å². The minimum absolute atomic E-state index is 1.25. The van der Waals surface area contributed by atoms with Crippen molar-refractivity contribution >= 4 is 45.2 Å².